The van der Waals surface area contributed by atoms with Gasteiger partial charge in [0.15, 0.2) is 5.78 Å². The predicted molar refractivity (Wildman–Crippen MR) is 56.1 cm³/mol. The van der Waals surface area contributed by atoms with Crippen LogP contribution >= 0.6 is 0 Å². The van der Waals surface area contributed by atoms with Crippen molar-refractivity contribution in [3.8, 4) is 0 Å². The summed E-state index contributed by atoms with van der Waals surface area (Å²) in [5.41, 5.74) is 0.0224. The fourth-order valence-corrected chi connectivity index (χ4v) is 2.58. The number of hydrogen-bond acceptors (Lipinski definition) is 3. The molecule has 0 aromatic rings. The Hall–Kier alpha value is -0.930. The lowest BCUT2D eigenvalue weighted by Gasteiger charge is -2.45. The van der Waals surface area contributed by atoms with Crippen molar-refractivity contribution in [3.63, 3.8) is 0 Å². The molecule has 0 radical (unpaired) electrons. The van der Waals surface area contributed by atoms with Crippen LogP contribution in [0.1, 0.15) is 20.3 Å². The Labute approximate surface area is 89.1 Å². The molecule has 0 aromatic heterocycles. The fourth-order valence-electron chi connectivity index (χ4n) is 2.58. The third kappa shape index (κ3) is 1.38. The minimum absolute atomic E-state index is 0.0894. The van der Waals surface area contributed by atoms with Crippen LogP contribution in [0.5, 0.6) is 0 Å². The Bertz CT molecular complexity index is 356. The van der Waals surface area contributed by atoms with Crippen LogP contribution in [0.3, 0.4) is 0 Å². The third-order valence-corrected chi connectivity index (χ3v) is 3.87. The Balaban J connectivity index is 2.54. The van der Waals surface area contributed by atoms with Gasteiger partial charge >= 0.3 is 0 Å². The maximum absolute atomic E-state index is 11.7. The number of carbonyl (C=O) groups excluding carboxylic acids is 1. The van der Waals surface area contributed by atoms with E-state index in [4.69, 9.17) is 0 Å². The summed E-state index contributed by atoms with van der Waals surface area (Å²) in [6.45, 7) is 3.85. The molecule has 0 heterocycles. The molecule has 0 aromatic carbocycles. The molecule has 3 heteroatoms. The Kier molecular flexibility index (Phi) is 2.32. The molecule has 0 spiro atoms. The van der Waals surface area contributed by atoms with Crippen molar-refractivity contribution < 1.29 is 15.0 Å². The van der Waals surface area contributed by atoms with Crippen LogP contribution in [0.4, 0.5) is 0 Å². The van der Waals surface area contributed by atoms with Gasteiger partial charge in [0.25, 0.3) is 0 Å². The molecule has 4 unspecified atom stereocenters. The SMILES string of the molecule is CC1CC(O)C=C2C(=O)C=CC(O)C21C. The second-order valence-corrected chi connectivity index (χ2v) is 4.74. The van der Waals surface area contributed by atoms with E-state index in [9.17, 15) is 15.0 Å². The normalized spacial score (nSPS) is 44.9. The lowest BCUT2D eigenvalue weighted by atomic mass is 9.60. The second-order valence-electron chi connectivity index (χ2n) is 4.74. The van der Waals surface area contributed by atoms with Crippen molar-refractivity contribution in [2.45, 2.75) is 32.5 Å². The largest absolute Gasteiger partial charge is 0.389 e. The molecule has 2 N–H and O–H groups in total. The van der Waals surface area contributed by atoms with Crippen LogP contribution in [0.25, 0.3) is 0 Å². The van der Waals surface area contributed by atoms with Crippen LogP contribution in [-0.2, 0) is 4.79 Å². The first-order chi connectivity index (χ1) is 6.96. The number of aliphatic hydroxyl groups excluding tert-OH is 2. The van der Waals surface area contributed by atoms with Gasteiger partial charge in [0, 0.05) is 11.0 Å². The van der Waals surface area contributed by atoms with E-state index in [1.165, 1.54) is 6.08 Å². The molecule has 2 rings (SSSR count). The summed E-state index contributed by atoms with van der Waals surface area (Å²) in [7, 11) is 0. The van der Waals surface area contributed by atoms with E-state index in [0.717, 1.165) is 0 Å². The van der Waals surface area contributed by atoms with Crippen molar-refractivity contribution in [2.75, 3.05) is 0 Å². The molecule has 2 aliphatic carbocycles. The average Bonchev–Trinajstić information content (AvgIpc) is 2.17. The molecule has 4 atom stereocenters. The quantitative estimate of drug-likeness (QED) is 0.619. The molecule has 2 aliphatic rings. The number of rotatable bonds is 0. The predicted octanol–water partition coefficient (Wildman–Crippen LogP) is 0.820. The standard InChI is InChI=1S/C12H16O3/c1-7-5-8(13)6-9-10(14)3-4-11(15)12(7,9)2/h3-4,6-8,11,13,15H,5H2,1-2H3. The van der Waals surface area contributed by atoms with Gasteiger partial charge in [-0.25, -0.2) is 0 Å². The number of aliphatic hydroxyl groups is 2. The zero-order valence-corrected chi connectivity index (χ0v) is 8.97. The zero-order valence-electron chi connectivity index (χ0n) is 8.97. The summed E-state index contributed by atoms with van der Waals surface area (Å²) in [6.07, 6.45) is 3.93. The molecule has 15 heavy (non-hydrogen) atoms. The minimum atomic E-state index is -0.635. The molecule has 0 saturated carbocycles. The van der Waals surface area contributed by atoms with Gasteiger partial charge < -0.3 is 10.2 Å². The molecular weight excluding hydrogens is 192 g/mol. The summed E-state index contributed by atoms with van der Waals surface area (Å²) in [6, 6.07) is 0. The van der Waals surface area contributed by atoms with Crippen LogP contribution in [-0.4, -0.2) is 28.2 Å². The van der Waals surface area contributed by atoms with Gasteiger partial charge in [-0.3, -0.25) is 4.79 Å². The molecule has 0 saturated heterocycles. The molecule has 0 fully saturated rings. The van der Waals surface area contributed by atoms with Crippen molar-refractivity contribution in [1.29, 1.82) is 0 Å². The smallest absolute Gasteiger partial charge is 0.182 e. The van der Waals surface area contributed by atoms with E-state index in [0.29, 0.717) is 12.0 Å². The van der Waals surface area contributed by atoms with Crippen molar-refractivity contribution in [3.05, 3.63) is 23.8 Å². The summed E-state index contributed by atoms with van der Waals surface area (Å²) in [5.74, 6) is 0.00444. The average molecular weight is 208 g/mol. The molecule has 0 bridgehead atoms. The molecular formula is C12H16O3. The number of ketones is 1. The molecule has 0 amide bonds. The highest BCUT2D eigenvalue weighted by molar-refractivity contribution is 6.06. The summed E-state index contributed by atoms with van der Waals surface area (Å²) >= 11 is 0. The van der Waals surface area contributed by atoms with Gasteiger partial charge in [-0.15, -0.1) is 0 Å². The van der Waals surface area contributed by atoms with E-state index in [-0.39, 0.29) is 11.7 Å². The van der Waals surface area contributed by atoms with Gasteiger partial charge in [-0.05, 0) is 24.5 Å². The van der Waals surface area contributed by atoms with Gasteiger partial charge in [0.1, 0.15) is 0 Å². The highest BCUT2D eigenvalue weighted by Crippen LogP contribution is 2.47. The lowest BCUT2D eigenvalue weighted by molar-refractivity contribution is -0.115. The van der Waals surface area contributed by atoms with Crippen LogP contribution in [0.15, 0.2) is 23.8 Å². The van der Waals surface area contributed by atoms with E-state index in [1.807, 2.05) is 13.8 Å². The summed E-state index contributed by atoms with van der Waals surface area (Å²) in [4.78, 5) is 11.7. The maximum Gasteiger partial charge on any atom is 0.182 e. The number of carbonyl (C=O) groups is 1. The lowest BCUT2D eigenvalue weighted by Crippen LogP contribution is -2.47. The minimum Gasteiger partial charge on any atom is -0.389 e. The first-order valence-corrected chi connectivity index (χ1v) is 5.27. The molecule has 3 nitrogen and oxygen atoms in total. The van der Waals surface area contributed by atoms with Crippen LogP contribution in [0.2, 0.25) is 0 Å². The third-order valence-electron chi connectivity index (χ3n) is 3.87. The van der Waals surface area contributed by atoms with Crippen molar-refractivity contribution >= 4 is 5.78 Å². The zero-order chi connectivity index (χ0) is 11.2. The Morgan fingerprint density at radius 1 is 1.47 bits per heavy atom. The summed E-state index contributed by atoms with van der Waals surface area (Å²) in [5, 5.41) is 19.6. The second kappa shape index (κ2) is 3.29. The van der Waals surface area contributed by atoms with Gasteiger partial charge in [0.05, 0.1) is 12.2 Å². The van der Waals surface area contributed by atoms with E-state index >= 15 is 0 Å². The van der Waals surface area contributed by atoms with E-state index in [1.54, 1.807) is 12.2 Å². The van der Waals surface area contributed by atoms with Gasteiger partial charge in [0.2, 0.25) is 0 Å². The number of allylic oxidation sites excluding steroid dienone is 1. The Morgan fingerprint density at radius 3 is 2.80 bits per heavy atom. The fraction of sp³-hybridized carbons (Fsp3) is 0.583. The number of fused-ring (bicyclic) bond motifs is 1. The van der Waals surface area contributed by atoms with E-state index in [2.05, 4.69) is 0 Å². The van der Waals surface area contributed by atoms with Crippen molar-refractivity contribution in [1.82, 2.24) is 0 Å². The monoisotopic (exact) mass is 208 g/mol. The maximum atomic E-state index is 11.7. The summed E-state index contributed by atoms with van der Waals surface area (Å²) < 4.78 is 0. The van der Waals surface area contributed by atoms with Crippen LogP contribution < -0.4 is 0 Å². The topological polar surface area (TPSA) is 57.5 Å². The first kappa shape index (κ1) is 10.6. The molecule has 0 aliphatic heterocycles. The van der Waals surface area contributed by atoms with E-state index < -0.39 is 17.6 Å². The highest BCUT2D eigenvalue weighted by atomic mass is 16.3. The first-order valence-electron chi connectivity index (χ1n) is 5.27. The number of hydrogen-bond donors (Lipinski definition) is 2. The molecule has 82 valence electrons. The van der Waals surface area contributed by atoms with Gasteiger partial charge in [-0.2, -0.15) is 0 Å². The van der Waals surface area contributed by atoms with Crippen molar-refractivity contribution in [2.24, 2.45) is 11.3 Å². The van der Waals surface area contributed by atoms with Gasteiger partial charge in [-0.1, -0.05) is 19.9 Å². The Morgan fingerprint density at radius 2 is 2.13 bits per heavy atom. The van der Waals surface area contributed by atoms with Crippen LogP contribution in [0, 0.1) is 11.3 Å². The highest BCUT2D eigenvalue weighted by Gasteiger charge is 2.47.